The minimum Gasteiger partial charge on any atom is -0.412 e. The lowest BCUT2D eigenvalue weighted by molar-refractivity contribution is 0.504. The van der Waals surface area contributed by atoms with E-state index in [2.05, 4.69) is 0 Å². The largest absolute Gasteiger partial charge is 0.412 e. The summed E-state index contributed by atoms with van der Waals surface area (Å²) >= 11 is 0. The van der Waals surface area contributed by atoms with E-state index >= 15 is 0 Å². The molecule has 8 heteroatoms. The summed E-state index contributed by atoms with van der Waals surface area (Å²) in [6.07, 6.45) is 9.00. The summed E-state index contributed by atoms with van der Waals surface area (Å²) in [6.45, 7) is 232. The molecule has 130 heavy (non-hydrogen) atoms. The van der Waals surface area contributed by atoms with Gasteiger partial charge in [0.25, 0.3) is 0 Å². The molecule has 0 saturated heterocycles. The van der Waals surface area contributed by atoms with Gasteiger partial charge in [-0.25, -0.2) is 0 Å². The van der Waals surface area contributed by atoms with E-state index in [1.807, 2.05) is 803 Å². The summed E-state index contributed by atoms with van der Waals surface area (Å²) in [7, 11) is 0. The van der Waals surface area contributed by atoms with Gasteiger partial charge < -0.3 is 22.6 Å². The van der Waals surface area contributed by atoms with Crippen molar-refractivity contribution in [3.05, 3.63) is 0 Å². The monoisotopic (exact) mass is 2010 g/mol. The van der Waals surface area contributed by atoms with Crippen molar-refractivity contribution in [2.75, 3.05) is 0 Å². The molecule has 0 unspecified atom stereocenters. The first-order valence-corrected chi connectivity index (χ1v) is 61.0. The van der Waals surface area contributed by atoms with Crippen molar-refractivity contribution in [1.29, 1.82) is 0 Å². The van der Waals surface area contributed by atoms with Crippen molar-refractivity contribution < 1.29 is 25.8 Å². The Labute approximate surface area is 895 Å². The zero-order valence-electron chi connectivity index (χ0n) is 124. The van der Waals surface area contributed by atoms with E-state index in [1.165, 1.54) is 38.5 Å². The van der Waals surface area contributed by atoms with Crippen molar-refractivity contribution in [2.45, 2.75) is 842 Å². The average molecular weight is 2010 g/mol. The highest BCUT2D eigenvalue weighted by Crippen LogP contribution is 2.15. The molecule has 1 saturated carbocycles. The van der Waals surface area contributed by atoms with Crippen molar-refractivity contribution >= 4 is 27.0 Å². The van der Waals surface area contributed by atoms with E-state index < -0.39 is 0 Å². The van der Waals surface area contributed by atoms with Gasteiger partial charge in [0.15, 0.2) is 0 Å². The molecule has 0 aromatic carbocycles. The van der Waals surface area contributed by atoms with Gasteiger partial charge in [-0.2, -0.15) is 27.0 Å². The molecule has 0 atom stereocenters. The van der Waals surface area contributed by atoms with E-state index in [-0.39, 0.29) is 59.0 Å². The highest BCUT2D eigenvalue weighted by Gasteiger charge is 1.95. The fourth-order valence-electron chi connectivity index (χ4n) is 1.06. The molecule has 4 nitrogen and oxygen atoms in total. The van der Waals surface area contributed by atoms with Gasteiger partial charge in [-0.15, -0.1) is 0 Å². The number of halogens is 2. The highest BCUT2D eigenvalue weighted by molar-refractivity contribution is 7.59. The molecule has 1 aliphatic rings. The second kappa shape index (κ2) is 52100. The number of hydrogen-bond acceptors (Lipinski definition) is 1. The molecular weight excluding hydrogens is 1630 g/mol. The van der Waals surface area contributed by atoms with E-state index in [0.717, 1.165) is 0 Å². The molecule has 0 spiro atoms. The summed E-state index contributed by atoms with van der Waals surface area (Å²) in [4.78, 5) is 0. The summed E-state index contributed by atoms with van der Waals surface area (Å²) in [5.41, 5.74) is 0. The number of rotatable bonds is 0. The topological polar surface area (TPSA) is 130 Å². The second-order valence-corrected chi connectivity index (χ2v) is 2.12. The molecule has 0 aromatic heterocycles. The smallest absolute Gasteiger partial charge is 0.0533 e. The van der Waals surface area contributed by atoms with Crippen LogP contribution in [0.3, 0.4) is 0 Å². The molecule has 0 amide bonds. The van der Waals surface area contributed by atoms with E-state index in [0.29, 0.717) is 0 Å². The Bertz CT molecular complexity index is 74.1. The fraction of sp³-hybridized carbons (Fsp3) is 1.00. The summed E-state index contributed by atoms with van der Waals surface area (Å²) in [5, 5.41) is 0. The predicted molar refractivity (Wildman–Crippen MR) is 728 cm³/mol. The van der Waals surface area contributed by atoms with Crippen molar-refractivity contribution in [3.8, 4) is 0 Å². The van der Waals surface area contributed by atoms with Crippen LogP contribution in [0.2, 0.25) is 0 Å². The van der Waals surface area contributed by atoms with Crippen molar-refractivity contribution in [3.63, 3.8) is 0 Å². The van der Waals surface area contributed by atoms with E-state index in [1.54, 1.807) is 0 Å². The van der Waals surface area contributed by atoms with Crippen LogP contribution in [0.1, 0.15) is 842 Å². The van der Waals surface area contributed by atoms with Gasteiger partial charge in [0.05, 0.1) is 0 Å². The van der Waals surface area contributed by atoms with Gasteiger partial charge in [-0.3, -0.25) is 9.41 Å². The molecule has 912 valence electrons. The van der Waals surface area contributed by atoms with Crippen molar-refractivity contribution in [2.24, 2.45) is 0 Å². The van der Waals surface area contributed by atoms with Crippen LogP contribution in [0.5, 0.6) is 0 Å². The first kappa shape index (κ1) is 526. The summed E-state index contributed by atoms with van der Waals surface area (Å²) in [6, 6.07) is 0. The van der Waals surface area contributed by atoms with Crippen LogP contribution in [-0.2, 0) is 0 Å². The fourth-order valence-corrected chi connectivity index (χ4v) is 1.06. The Balaban J connectivity index is -0.00000000502. The lowest BCUT2D eigenvalue weighted by Gasteiger charge is -2.05. The van der Waals surface area contributed by atoms with Crippen LogP contribution < -0.4 is 6.15 Å². The van der Waals surface area contributed by atoms with Gasteiger partial charge in [-0.05, 0) is 0 Å². The maximum Gasteiger partial charge on any atom is -0.0533 e. The van der Waals surface area contributed by atoms with Gasteiger partial charge in [0, 0.05) is 0 Å². The highest BCUT2D eigenvalue weighted by atomic mass is 32.1. The molecule has 1 rings (SSSR count). The Morgan fingerprint density at radius 3 is 0.0769 bits per heavy atom. The molecule has 0 bridgehead atoms. The molecule has 0 aromatic rings. The number of hydrogen-bond donors (Lipinski definition) is 1. The minimum atomic E-state index is 0. The van der Waals surface area contributed by atoms with Crippen LogP contribution in [0.15, 0.2) is 0 Å². The Kier molecular flexibility index (Phi) is 211000. The van der Waals surface area contributed by atoms with Crippen LogP contribution in [0.25, 0.3) is 0 Å². The van der Waals surface area contributed by atoms with Gasteiger partial charge in [-0.1, -0.05) is 842 Å². The minimum absolute atomic E-state index is 0. The quantitative estimate of drug-likeness (QED) is 0.254. The van der Waals surface area contributed by atoms with Crippen LogP contribution in [0.4, 0.5) is 9.41 Å². The maximum absolute atomic E-state index is 2.00. The maximum atomic E-state index is 2.00. The first-order chi connectivity index (χ1) is 61.0. The van der Waals surface area contributed by atoms with Gasteiger partial charge in [0.1, 0.15) is 0 Å². The van der Waals surface area contributed by atoms with Crippen LogP contribution in [-0.4, -0.2) is 16.4 Å². The third kappa shape index (κ3) is 50900. The molecular formula is C122H375F2NO3S2. The van der Waals surface area contributed by atoms with Crippen LogP contribution in [0, 0.1) is 0 Å². The Hall–Kier alpha value is 0.400. The molecule has 0 aliphatic heterocycles. The molecule has 1 fully saturated rings. The zero-order chi connectivity index (χ0) is 120. The molecule has 9 N–H and O–H groups in total. The van der Waals surface area contributed by atoms with Gasteiger partial charge >= 0.3 is 0 Å². The predicted octanol–water partition coefficient (Wildman–Crippen LogP) is 60.1. The van der Waals surface area contributed by atoms with E-state index in [9.17, 15) is 0 Å². The Morgan fingerprint density at radius 1 is 0.0615 bits per heavy atom. The molecule has 1 aliphatic carbocycles. The standard InChI is InChI=1S/C6H12.58C2H6.2FH.H3N.3H2O.2H2S/c1-2-4-6-5-3-1;58*1-2;;;;;;;;/h1-6H2;58*1-2H3;2*1H;1H3;5*1H2. The average Bonchev–Trinajstić information content (AvgIpc) is 1.10. The normalized spacial score (nSPS) is 3.78. The SMILES string of the molecule is C1CCCCC1.CC.CC.CC.CC.CC.CC.CC.CC.CC.CC.CC.CC.CC.CC.CC.CC.CC.CC.CC.CC.CC.CC.CC.CC.CC.CC.CC.CC.CC.CC.CC.CC.CC.CC.CC.CC.CC.CC.CC.CC.CC.CC.CC.CC.CC.CC.CC.CC.CC.CC.CC.CC.CC.CC.CC.CC.CC.CC.F.F.N.O.O.O.S.S. The van der Waals surface area contributed by atoms with Crippen molar-refractivity contribution in [1.82, 2.24) is 6.15 Å². The third-order valence-electron chi connectivity index (χ3n) is 1.50. The summed E-state index contributed by atoms with van der Waals surface area (Å²) in [5.74, 6) is 0. The van der Waals surface area contributed by atoms with E-state index in [4.69, 9.17) is 0 Å². The third-order valence-corrected chi connectivity index (χ3v) is 1.50. The van der Waals surface area contributed by atoms with Gasteiger partial charge in [0.2, 0.25) is 0 Å². The zero-order valence-corrected chi connectivity index (χ0v) is 126. The summed E-state index contributed by atoms with van der Waals surface area (Å²) < 4.78 is 0. The first-order valence-electron chi connectivity index (χ1n) is 61.0. The second-order valence-electron chi connectivity index (χ2n) is 2.12. The molecule has 0 radical (unpaired) electrons. The molecule has 0 heterocycles. The lowest BCUT2D eigenvalue weighted by Crippen LogP contribution is -1.85. The van der Waals surface area contributed by atoms with Crippen LogP contribution >= 0.6 is 27.0 Å². The Morgan fingerprint density at radius 2 is 0.0692 bits per heavy atom. The lowest BCUT2D eigenvalue weighted by atomic mass is 10.0.